The van der Waals surface area contributed by atoms with Crippen LogP contribution >= 0.6 is 22.9 Å². The van der Waals surface area contributed by atoms with Gasteiger partial charge < -0.3 is 5.32 Å². The van der Waals surface area contributed by atoms with Crippen LogP contribution in [0.5, 0.6) is 0 Å². The molecule has 1 amide bonds. The largest absolute Gasteiger partial charge is 0.347 e. The highest BCUT2D eigenvalue weighted by Crippen LogP contribution is 2.26. The fourth-order valence-corrected chi connectivity index (χ4v) is 2.70. The van der Waals surface area contributed by atoms with E-state index in [2.05, 4.69) is 10.3 Å². The standard InChI is InChI=1S/C12H10ClN3O3S/c1-7-3-5-20-9(7)6-15-12(17)8-2-4-14-11(13)10(8)16(18)19/h2-5H,6H2,1H3,(H,15,17). The highest BCUT2D eigenvalue weighted by molar-refractivity contribution is 7.10. The zero-order valence-corrected chi connectivity index (χ0v) is 12.0. The first-order chi connectivity index (χ1) is 9.50. The van der Waals surface area contributed by atoms with Crippen LogP contribution in [0.2, 0.25) is 5.15 Å². The van der Waals surface area contributed by atoms with Gasteiger partial charge in [-0.05, 0) is 30.0 Å². The Morgan fingerprint density at radius 3 is 2.90 bits per heavy atom. The number of hydrogen-bond donors (Lipinski definition) is 1. The molecule has 0 radical (unpaired) electrons. The SMILES string of the molecule is Cc1ccsc1CNC(=O)c1ccnc(Cl)c1[N+](=O)[O-]. The lowest BCUT2D eigenvalue weighted by molar-refractivity contribution is -0.385. The lowest BCUT2D eigenvalue weighted by Gasteiger charge is -2.06. The lowest BCUT2D eigenvalue weighted by atomic mass is 10.2. The van der Waals surface area contributed by atoms with Crippen molar-refractivity contribution < 1.29 is 9.72 Å². The molecule has 0 aliphatic rings. The number of aryl methyl sites for hydroxylation is 1. The number of carbonyl (C=O) groups is 1. The summed E-state index contributed by atoms with van der Waals surface area (Å²) in [6.45, 7) is 2.25. The van der Waals surface area contributed by atoms with Gasteiger partial charge in [0.1, 0.15) is 5.56 Å². The third-order valence-electron chi connectivity index (χ3n) is 2.68. The van der Waals surface area contributed by atoms with Gasteiger partial charge in [0.2, 0.25) is 5.15 Å². The van der Waals surface area contributed by atoms with Gasteiger partial charge in [0.25, 0.3) is 5.91 Å². The zero-order valence-electron chi connectivity index (χ0n) is 10.4. The van der Waals surface area contributed by atoms with Gasteiger partial charge in [-0.25, -0.2) is 4.98 Å². The molecule has 1 N–H and O–H groups in total. The first-order valence-corrected chi connectivity index (χ1v) is 6.86. The summed E-state index contributed by atoms with van der Waals surface area (Å²) in [6.07, 6.45) is 1.26. The molecule has 2 aromatic rings. The third-order valence-corrected chi connectivity index (χ3v) is 3.98. The summed E-state index contributed by atoms with van der Waals surface area (Å²) < 4.78 is 0. The van der Waals surface area contributed by atoms with Crippen molar-refractivity contribution in [2.24, 2.45) is 0 Å². The summed E-state index contributed by atoms with van der Waals surface area (Å²) >= 11 is 7.18. The molecule has 2 rings (SSSR count). The van der Waals surface area contributed by atoms with E-state index in [1.54, 1.807) is 0 Å². The second-order valence-electron chi connectivity index (χ2n) is 3.96. The smallest absolute Gasteiger partial charge is 0.319 e. The highest BCUT2D eigenvalue weighted by Gasteiger charge is 2.24. The van der Waals surface area contributed by atoms with Gasteiger partial charge in [-0.3, -0.25) is 14.9 Å². The van der Waals surface area contributed by atoms with E-state index < -0.39 is 16.5 Å². The van der Waals surface area contributed by atoms with Crippen LogP contribution < -0.4 is 5.32 Å². The molecule has 0 spiro atoms. The lowest BCUT2D eigenvalue weighted by Crippen LogP contribution is -2.23. The van der Waals surface area contributed by atoms with E-state index in [0.29, 0.717) is 6.54 Å². The number of aromatic nitrogens is 1. The monoisotopic (exact) mass is 311 g/mol. The van der Waals surface area contributed by atoms with Crippen molar-refractivity contribution in [1.29, 1.82) is 0 Å². The Bertz CT molecular complexity index is 672. The number of nitro groups is 1. The summed E-state index contributed by atoms with van der Waals surface area (Å²) in [5.41, 5.74) is 0.497. The molecule has 0 saturated carbocycles. The topological polar surface area (TPSA) is 85.1 Å². The minimum Gasteiger partial charge on any atom is -0.347 e. The van der Waals surface area contributed by atoms with E-state index in [4.69, 9.17) is 11.6 Å². The molecule has 8 heteroatoms. The molecule has 0 saturated heterocycles. The van der Waals surface area contributed by atoms with Crippen LogP contribution in [0.15, 0.2) is 23.7 Å². The Hall–Kier alpha value is -1.99. The fraction of sp³-hybridized carbons (Fsp3) is 0.167. The number of thiophene rings is 1. The summed E-state index contributed by atoms with van der Waals surface area (Å²) in [5, 5.41) is 15.2. The maximum atomic E-state index is 12.0. The number of pyridine rings is 1. The molecule has 2 aromatic heterocycles. The van der Waals surface area contributed by atoms with E-state index in [1.165, 1.54) is 23.6 Å². The van der Waals surface area contributed by atoms with Crippen molar-refractivity contribution in [3.63, 3.8) is 0 Å². The number of halogens is 1. The molecule has 104 valence electrons. The van der Waals surface area contributed by atoms with Crippen molar-refractivity contribution >= 4 is 34.5 Å². The van der Waals surface area contributed by atoms with Gasteiger partial charge in [-0.2, -0.15) is 0 Å². The number of nitrogens with one attached hydrogen (secondary N) is 1. The average Bonchev–Trinajstić information content (AvgIpc) is 2.80. The second kappa shape index (κ2) is 5.98. The predicted octanol–water partition coefficient (Wildman–Crippen LogP) is 2.94. The van der Waals surface area contributed by atoms with Crippen LogP contribution in [0, 0.1) is 17.0 Å². The van der Waals surface area contributed by atoms with Gasteiger partial charge in [-0.15, -0.1) is 11.3 Å². The van der Waals surface area contributed by atoms with E-state index >= 15 is 0 Å². The van der Waals surface area contributed by atoms with Crippen molar-refractivity contribution in [2.75, 3.05) is 0 Å². The van der Waals surface area contributed by atoms with E-state index in [-0.39, 0.29) is 10.7 Å². The van der Waals surface area contributed by atoms with Crippen molar-refractivity contribution in [3.8, 4) is 0 Å². The minimum atomic E-state index is -0.708. The molecule has 0 aromatic carbocycles. The van der Waals surface area contributed by atoms with Gasteiger partial charge >= 0.3 is 5.69 Å². The Kier molecular flexibility index (Phi) is 4.31. The predicted molar refractivity (Wildman–Crippen MR) is 76.1 cm³/mol. The van der Waals surface area contributed by atoms with Crippen LogP contribution in [0.25, 0.3) is 0 Å². The molecular weight excluding hydrogens is 302 g/mol. The zero-order chi connectivity index (χ0) is 14.7. The van der Waals surface area contributed by atoms with E-state index in [0.717, 1.165) is 10.4 Å². The summed E-state index contributed by atoms with van der Waals surface area (Å²) in [7, 11) is 0. The van der Waals surface area contributed by atoms with Crippen LogP contribution in [-0.4, -0.2) is 15.8 Å². The number of rotatable bonds is 4. The normalized spacial score (nSPS) is 10.3. The van der Waals surface area contributed by atoms with E-state index in [9.17, 15) is 14.9 Å². The molecule has 0 atom stereocenters. The molecule has 0 aliphatic heterocycles. The van der Waals surface area contributed by atoms with Crippen LogP contribution in [0.3, 0.4) is 0 Å². The van der Waals surface area contributed by atoms with Crippen LogP contribution in [0.4, 0.5) is 5.69 Å². The summed E-state index contributed by atoms with van der Waals surface area (Å²) in [5.74, 6) is -0.547. The number of hydrogen-bond acceptors (Lipinski definition) is 5. The van der Waals surface area contributed by atoms with Gasteiger partial charge in [0.05, 0.1) is 11.5 Å². The average molecular weight is 312 g/mol. The molecule has 0 unspecified atom stereocenters. The maximum Gasteiger partial charge on any atom is 0.319 e. The molecule has 2 heterocycles. The Morgan fingerprint density at radius 2 is 2.30 bits per heavy atom. The van der Waals surface area contributed by atoms with Crippen molar-refractivity contribution in [3.05, 3.63) is 55.0 Å². The Labute approximate surface area is 123 Å². The molecule has 20 heavy (non-hydrogen) atoms. The Morgan fingerprint density at radius 1 is 1.55 bits per heavy atom. The second-order valence-corrected chi connectivity index (χ2v) is 5.32. The quantitative estimate of drug-likeness (QED) is 0.534. The van der Waals surface area contributed by atoms with Gasteiger partial charge in [0, 0.05) is 11.1 Å². The maximum absolute atomic E-state index is 12.0. The summed E-state index contributed by atoms with van der Waals surface area (Å²) in [6, 6.07) is 3.22. The minimum absolute atomic E-state index is 0.0933. The third kappa shape index (κ3) is 2.94. The first kappa shape index (κ1) is 14.4. The molecule has 0 bridgehead atoms. The molecular formula is C12H10ClN3O3S. The highest BCUT2D eigenvalue weighted by atomic mass is 35.5. The number of carbonyl (C=O) groups excluding carboxylic acids is 1. The number of nitrogens with zero attached hydrogens (tertiary/aromatic N) is 2. The molecule has 6 nitrogen and oxygen atoms in total. The van der Waals surface area contributed by atoms with Crippen molar-refractivity contribution in [1.82, 2.24) is 10.3 Å². The Balaban J connectivity index is 2.20. The van der Waals surface area contributed by atoms with Gasteiger partial charge in [-0.1, -0.05) is 11.6 Å². The number of amides is 1. The summed E-state index contributed by atoms with van der Waals surface area (Å²) in [4.78, 5) is 26.9. The molecule has 0 fully saturated rings. The van der Waals surface area contributed by atoms with Crippen LogP contribution in [0.1, 0.15) is 20.8 Å². The fourth-order valence-electron chi connectivity index (χ4n) is 1.63. The first-order valence-electron chi connectivity index (χ1n) is 5.60. The molecule has 0 aliphatic carbocycles. The van der Waals surface area contributed by atoms with E-state index in [1.807, 2.05) is 18.4 Å². The van der Waals surface area contributed by atoms with Gasteiger partial charge in [0.15, 0.2) is 0 Å². The van der Waals surface area contributed by atoms with Crippen molar-refractivity contribution in [2.45, 2.75) is 13.5 Å². The van der Waals surface area contributed by atoms with Crippen LogP contribution in [-0.2, 0) is 6.54 Å².